The van der Waals surface area contributed by atoms with Crippen molar-refractivity contribution < 1.29 is 14.3 Å². The number of ether oxygens (including phenoxy) is 1. The lowest BCUT2D eigenvalue weighted by Gasteiger charge is -2.43. The highest BCUT2D eigenvalue weighted by atomic mass is 16.5. The van der Waals surface area contributed by atoms with Gasteiger partial charge in [-0.1, -0.05) is 91.0 Å². The maximum absolute atomic E-state index is 13.8. The number of imide groups is 1. The quantitative estimate of drug-likeness (QED) is 0.400. The topological polar surface area (TPSA) is 53.1 Å². The van der Waals surface area contributed by atoms with Gasteiger partial charge >= 0.3 is 6.03 Å². The Kier molecular flexibility index (Phi) is 7.68. The molecule has 0 saturated carbocycles. The zero-order valence-corrected chi connectivity index (χ0v) is 21.5. The first-order valence-electron chi connectivity index (χ1n) is 13.1. The molecular weight excluding hydrogens is 462 g/mol. The summed E-state index contributed by atoms with van der Waals surface area (Å²) >= 11 is 0. The van der Waals surface area contributed by atoms with Crippen molar-refractivity contribution in [2.45, 2.75) is 30.8 Å². The number of methoxy groups -OCH3 is 1. The fourth-order valence-corrected chi connectivity index (χ4v) is 5.77. The van der Waals surface area contributed by atoms with Gasteiger partial charge in [-0.05, 0) is 29.5 Å². The molecule has 2 fully saturated rings. The van der Waals surface area contributed by atoms with E-state index in [0.29, 0.717) is 26.0 Å². The number of hydrogen-bond acceptors (Lipinski definition) is 4. The van der Waals surface area contributed by atoms with E-state index >= 15 is 0 Å². The first kappa shape index (κ1) is 25.2. The van der Waals surface area contributed by atoms with Gasteiger partial charge in [0, 0.05) is 39.2 Å². The van der Waals surface area contributed by atoms with E-state index in [1.54, 1.807) is 7.11 Å². The minimum Gasteiger partial charge on any atom is -0.383 e. The van der Waals surface area contributed by atoms with E-state index in [9.17, 15) is 9.59 Å². The molecule has 0 aromatic heterocycles. The Morgan fingerprint density at radius 2 is 1.35 bits per heavy atom. The number of urea groups is 1. The smallest absolute Gasteiger partial charge is 0.328 e. The number of carbonyl (C=O) groups excluding carboxylic acids is 2. The third-order valence-corrected chi connectivity index (χ3v) is 7.85. The molecule has 0 N–H and O–H groups in total. The average molecular weight is 498 g/mol. The second-order valence-corrected chi connectivity index (χ2v) is 10.0. The van der Waals surface area contributed by atoms with E-state index in [1.165, 1.54) is 16.0 Å². The molecule has 2 aliphatic rings. The summed E-state index contributed by atoms with van der Waals surface area (Å²) < 4.78 is 5.20. The van der Waals surface area contributed by atoms with E-state index in [1.807, 2.05) is 35.2 Å². The lowest BCUT2D eigenvalue weighted by molar-refractivity contribution is -0.136. The monoisotopic (exact) mass is 497 g/mol. The highest BCUT2D eigenvalue weighted by Gasteiger charge is 2.57. The number of carbonyl (C=O) groups is 2. The number of likely N-dealkylation sites (tertiary alicyclic amines) is 1. The molecule has 3 aromatic rings. The summed E-state index contributed by atoms with van der Waals surface area (Å²) in [5.74, 6) is 0.170. The van der Waals surface area contributed by atoms with Gasteiger partial charge in [-0.25, -0.2) is 4.79 Å². The summed E-state index contributed by atoms with van der Waals surface area (Å²) in [6.07, 6.45) is 1.26. The third-order valence-electron chi connectivity index (χ3n) is 7.85. The van der Waals surface area contributed by atoms with Crippen LogP contribution in [0, 0.1) is 0 Å². The largest absolute Gasteiger partial charge is 0.383 e. The van der Waals surface area contributed by atoms with Crippen LogP contribution in [-0.4, -0.2) is 72.1 Å². The van der Waals surface area contributed by atoms with Crippen LogP contribution in [0.15, 0.2) is 91.0 Å². The van der Waals surface area contributed by atoms with Gasteiger partial charge in [-0.3, -0.25) is 9.69 Å². The molecule has 192 valence electrons. The predicted octanol–water partition coefficient (Wildman–Crippen LogP) is 4.76. The van der Waals surface area contributed by atoms with Crippen LogP contribution in [0.3, 0.4) is 0 Å². The van der Waals surface area contributed by atoms with Crippen molar-refractivity contribution in [2.24, 2.45) is 0 Å². The van der Waals surface area contributed by atoms with Crippen molar-refractivity contribution in [3.8, 4) is 0 Å². The van der Waals surface area contributed by atoms with E-state index in [4.69, 9.17) is 4.74 Å². The maximum Gasteiger partial charge on any atom is 0.328 e. The van der Waals surface area contributed by atoms with Crippen LogP contribution in [-0.2, 0) is 16.1 Å². The lowest BCUT2D eigenvalue weighted by Crippen LogP contribution is -2.56. The minimum atomic E-state index is -0.799. The molecule has 0 unspecified atom stereocenters. The number of nitrogens with zero attached hydrogens (tertiary/aromatic N) is 3. The van der Waals surface area contributed by atoms with Gasteiger partial charge in [-0.15, -0.1) is 0 Å². The van der Waals surface area contributed by atoms with Gasteiger partial charge in [0.2, 0.25) is 0 Å². The number of piperidine rings is 1. The summed E-state index contributed by atoms with van der Waals surface area (Å²) in [5, 5.41) is 0. The highest BCUT2D eigenvalue weighted by Crippen LogP contribution is 2.39. The van der Waals surface area contributed by atoms with Crippen LogP contribution in [0.1, 0.15) is 35.4 Å². The van der Waals surface area contributed by atoms with Gasteiger partial charge in [0.15, 0.2) is 0 Å². The zero-order valence-electron chi connectivity index (χ0n) is 21.5. The van der Waals surface area contributed by atoms with E-state index in [-0.39, 0.29) is 24.4 Å². The molecule has 0 aliphatic carbocycles. The Labute approximate surface area is 219 Å². The Morgan fingerprint density at radius 3 is 1.89 bits per heavy atom. The Balaban J connectivity index is 1.36. The summed E-state index contributed by atoms with van der Waals surface area (Å²) in [6, 6.07) is 31.0. The van der Waals surface area contributed by atoms with Crippen molar-refractivity contribution in [1.82, 2.24) is 14.7 Å². The van der Waals surface area contributed by atoms with E-state index in [2.05, 4.69) is 65.6 Å². The Bertz CT molecular complexity index is 1140. The number of benzene rings is 3. The van der Waals surface area contributed by atoms with Gasteiger partial charge in [-0.2, -0.15) is 0 Å². The molecule has 37 heavy (non-hydrogen) atoms. The van der Waals surface area contributed by atoms with Crippen LogP contribution >= 0.6 is 0 Å². The maximum atomic E-state index is 13.8. The fourth-order valence-electron chi connectivity index (χ4n) is 5.77. The van der Waals surface area contributed by atoms with E-state index < -0.39 is 5.54 Å². The summed E-state index contributed by atoms with van der Waals surface area (Å²) in [7, 11) is 1.59. The van der Waals surface area contributed by atoms with Gasteiger partial charge in [0.1, 0.15) is 5.54 Å². The first-order chi connectivity index (χ1) is 18.1. The molecule has 0 atom stereocenters. The normalized spacial score (nSPS) is 17.8. The Hall–Kier alpha value is -3.48. The molecule has 2 heterocycles. The molecule has 0 bridgehead atoms. The van der Waals surface area contributed by atoms with Gasteiger partial charge in [0.25, 0.3) is 5.91 Å². The van der Waals surface area contributed by atoms with Crippen LogP contribution in [0.25, 0.3) is 0 Å². The van der Waals surface area contributed by atoms with Crippen LogP contribution < -0.4 is 0 Å². The van der Waals surface area contributed by atoms with E-state index in [0.717, 1.165) is 25.2 Å². The van der Waals surface area contributed by atoms with Gasteiger partial charge < -0.3 is 14.5 Å². The molecule has 5 rings (SSSR count). The standard InChI is InChI=1S/C31H35N3O3/c1-37-22-21-33-29(35)31(34(30(33)36)23-25-11-5-2-6-12-25)17-19-32(20-18-31)24-28(26-13-7-3-8-14-26)27-15-9-4-10-16-27/h2-16,28H,17-24H2,1H3. The van der Waals surface area contributed by atoms with Crippen molar-refractivity contribution in [3.63, 3.8) is 0 Å². The van der Waals surface area contributed by atoms with Crippen molar-refractivity contribution in [2.75, 3.05) is 39.9 Å². The first-order valence-corrected chi connectivity index (χ1v) is 13.1. The molecule has 6 heteroatoms. The molecule has 6 nitrogen and oxygen atoms in total. The summed E-state index contributed by atoms with van der Waals surface area (Å²) in [4.78, 5) is 32.9. The van der Waals surface area contributed by atoms with Crippen LogP contribution in [0.5, 0.6) is 0 Å². The fraction of sp³-hybridized carbons (Fsp3) is 0.355. The van der Waals surface area contributed by atoms with Crippen LogP contribution in [0.2, 0.25) is 0 Å². The molecule has 0 radical (unpaired) electrons. The molecule has 2 saturated heterocycles. The Morgan fingerprint density at radius 1 is 0.811 bits per heavy atom. The molecule has 1 spiro atoms. The van der Waals surface area contributed by atoms with Gasteiger partial charge in [0.05, 0.1) is 13.2 Å². The molecule has 3 amide bonds. The number of hydrogen-bond donors (Lipinski definition) is 0. The summed E-state index contributed by atoms with van der Waals surface area (Å²) in [6.45, 7) is 3.46. The summed E-state index contributed by atoms with van der Waals surface area (Å²) in [5.41, 5.74) is 2.81. The second-order valence-electron chi connectivity index (χ2n) is 10.0. The average Bonchev–Trinajstić information content (AvgIpc) is 3.13. The molecule has 2 aliphatic heterocycles. The van der Waals surface area contributed by atoms with Crippen molar-refractivity contribution in [3.05, 3.63) is 108 Å². The third kappa shape index (κ3) is 5.17. The lowest BCUT2D eigenvalue weighted by atomic mass is 9.84. The number of rotatable bonds is 9. The second kappa shape index (κ2) is 11.3. The highest BCUT2D eigenvalue weighted by molar-refractivity contribution is 6.07. The molecule has 3 aromatic carbocycles. The number of amides is 3. The molecular formula is C31H35N3O3. The predicted molar refractivity (Wildman–Crippen MR) is 144 cm³/mol. The minimum absolute atomic E-state index is 0.0761. The van der Waals surface area contributed by atoms with Crippen molar-refractivity contribution >= 4 is 11.9 Å². The SMILES string of the molecule is COCCN1C(=O)N(Cc2ccccc2)C2(CCN(CC(c3ccccc3)c3ccccc3)CC2)C1=O. The zero-order chi connectivity index (χ0) is 25.7. The van der Waals surface area contributed by atoms with Crippen LogP contribution in [0.4, 0.5) is 4.79 Å². The van der Waals surface area contributed by atoms with Crippen molar-refractivity contribution in [1.29, 1.82) is 0 Å².